The van der Waals surface area contributed by atoms with Gasteiger partial charge in [0, 0.05) is 12.6 Å². The molecule has 1 aliphatic carbocycles. The minimum absolute atomic E-state index is 0.0780. The monoisotopic (exact) mass is 259 g/mol. The molecule has 1 saturated carbocycles. The van der Waals surface area contributed by atoms with E-state index in [2.05, 4.69) is 16.3 Å². The molecule has 1 atom stereocenters. The molecule has 1 amide bonds. The van der Waals surface area contributed by atoms with Crippen molar-refractivity contribution in [3.05, 3.63) is 24.3 Å². The molecular formula is C15H21N3O. The van der Waals surface area contributed by atoms with Crippen LogP contribution in [0.3, 0.4) is 0 Å². The number of nitrogens with one attached hydrogen (secondary N) is 1. The molecule has 0 spiro atoms. The van der Waals surface area contributed by atoms with Crippen LogP contribution < -0.4 is 16.0 Å². The van der Waals surface area contributed by atoms with Crippen LogP contribution >= 0.6 is 0 Å². The first-order chi connectivity index (χ1) is 9.25. The molecule has 3 rings (SSSR count). The molecular weight excluding hydrogens is 238 g/mol. The Morgan fingerprint density at radius 1 is 1.16 bits per heavy atom. The van der Waals surface area contributed by atoms with Gasteiger partial charge < -0.3 is 16.0 Å². The van der Waals surface area contributed by atoms with E-state index in [1.165, 1.54) is 32.1 Å². The average molecular weight is 259 g/mol. The first kappa shape index (κ1) is 12.5. The van der Waals surface area contributed by atoms with Gasteiger partial charge in [-0.25, -0.2) is 0 Å². The summed E-state index contributed by atoms with van der Waals surface area (Å²) in [6, 6.07) is 8.10. The molecule has 2 aliphatic rings. The molecule has 0 bridgehead atoms. The van der Waals surface area contributed by atoms with Crippen LogP contribution in [0.4, 0.5) is 11.4 Å². The van der Waals surface area contributed by atoms with Crippen molar-refractivity contribution in [3.8, 4) is 0 Å². The van der Waals surface area contributed by atoms with E-state index in [4.69, 9.17) is 5.73 Å². The van der Waals surface area contributed by atoms with Crippen molar-refractivity contribution in [1.29, 1.82) is 0 Å². The van der Waals surface area contributed by atoms with Crippen LogP contribution in [0.25, 0.3) is 0 Å². The van der Waals surface area contributed by atoms with E-state index < -0.39 is 6.04 Å². The molecule has 0 unspecified atom stereocenters. The third kappa shape index (κ3) is 2.45. The number of fused-ring (bicyclic) bond motifs is 1. The number of para-hydroxylation sites is 2. The van der Waals surface area contributed by atoms with Crippen LogP contribution in [-0.4, -0.2) is 24.5 Å². The molecule has 19 heavy (non-hydrogen) atoms. The van der Waals surface area contributed by atoms with E-state index in [1.807, 2.05) is 18.2 Å². The van der Waals surface area contributed by atoms with Gasteiger partial charge in [0.15, 0.2) is 0 Å². The Kier molecular flexibility index (Phi) is 3.42. The van der Waals surface area contributed by atoms with Gasteiger partial charge in [-0.1, -0.05) is 31.4 Å². The van der Waals surface area contributed by atoms with Crippen LogP contribution in [0, 0.1) is 0 Å². The van der Waals surface area contributed by atoms with Gasteiger partial charge in [0.05, 0.1) is 11.4 Å². The summed E-state index contributed by atoms with van der Waals surface area (Å²) in [4.78, 5) is 14.3. The van der Waals surface area contributed by atoms with Crippen molar-refractivity contribution in [3.63, 3.8) is 0 Å². The second-order valence-electron chi connectivity index (χ2n) is 5.56. The maximum absolute atomic E-state index is 11.9. The zero-order valence-corrected chi connectivity index (χ0v) is 11.1. The minimum Gasteiger partial charge on any atom is -0.365 e. The zero-order chi connectivity index (χ0) is 13.2. The van der Waals surface area contributed by atoms with Crippen molar-refractivity contribution in [2.24, 2.45) is 5.73 Å². The van der Waals surface area contributed by atoms with Gasteiger partial charge in [0.1, 0.15) is 6.04 Å². The van der Waals surface area contributed by atoms with Crippen LogP contribution in [0.5, 0.6) is 0 Å². The summed E-state index contributed by atoms with van der Waals surface area (Å²) in [5.41, 5.74) is 8.02. The standard InChI is InChI=1S/C15H21N3O/c16-12-10-18(11-6-2-1-3-7-11)14-9-5-4-8-13(14)17-15(12)19/h4-5,8-9,11-12H,1-3,6-7,10,16H2,(H,17,19)/t12-/m1/s1. The molecule has 1 fully saturated rings. The SMILES string of the molecule is N[C@@H]1CN(C2CCCCC2)c2ccccc2NC1=O. The minimum atomic E-state index is -0.450. The van der Waals surface area contributed by atoms with E-state index in [1.54, 1.807) is 0 Å². The number of carbonyl (C=O) groups excluding carboxylic acids is 1. The third-order valence-electron chi connectivity index (χ3n) is 4.22. The number of anilines is 2. The van der Waals surface area contributed by atoms with Crippen molar-refractivity contribution in [2.45, 2.75) is 44.2 Å². The van der Waals surface area contributed by atoms with E-state index >= 15 is 0 Å². The van der Waals surface area contributed by atoms with Gasteiger partial charge in [-0.15, -0.1) is 0 Å². The number of nitrogens with two attached hydrogens (primary N) is 1. The fourth-order valence-corrected chi connectivity index (χ4v) is 3.19. The summed E-state index contributed by atoms with van der Waals surface area (Å²) in [6.45, 7) is 0.619. The predicted octanol–water partition coefficient (Wildman–Crippen LogP) is 2.11. The summed E-state index contributed by atoms with van der Waals surface area (Å²) in [5, 5.41) is 2.94. The van der Waals surface area contributed by atoms with Crippen molar-refractivity contribution >= 4 is 17.3 Å². The Balaban J connectivity index is 1.95. The summed E-state index contributed by atoms with van der Waals surface area (Å²) in [7, 11) is 0. The molecule has 0 radical (unpaired) electrons. The highest BCUT2D eigenvalue weighted by Gasteiger charge is 2.30. The van der Waals surface area contributed by atoms with Gasteiger partial charge in [0.2, 0.25) is 5.91 Å². The Morgan fingerprint density at radius 2 is 1.89 bits per heavy atom. The van der Waals surface area contributed by atoms with E-state index in [0.29, 0.717) is 12.6 Å². The summed E-state index contributed by atoms with van der Waals surface area (Å²) in [6.07, 6.45) is 6.29. The number of hydrogen-bond acceptors (Lipinski definition) is 3. The molecule has 102 valence electrons. The second kappa shape index (κ2) is 5.21. The first-order valence-corrected chi connectivity index (χ1v) is 7.18. The molecule has 1 aromatic rings. The topological polar surface area (TPSA) is 58.4 Å². The molecule has 0 aromatic heterocycles. The summed E-state index contributed by atoms with van der Waals surface area (Å²) < 4.78 is 0. The quantitative estimate of drug-likeness (QED) is 0.812. The summed E-state index contributed by atoms with van der Waals surface area (Å²) >= 11 is 0. The number of nitrogens with zero attached hydrogens (tertiary/aromatic N) is 1. The maximum atomic E-state index is 11.9. The van der Waals surface area contributed by atoms with Crippen LogP contribution in [0.2, 0.25) is 0 Å². The van der Waals surface area contributed by atoms with Crippen LogP contribution in [-0.2, 0) is 4.79 Å². The molecule has 1 aliphatic heterocycles. The molecule has 0 saturated heterocycles. The van der Waals surface area contributed by atoms with Crippen molar-refractivity contribution in [1.82, 2.24) is 0 Å². The highest BCUT2D eigenvalue weighted by molar-refractivity contribution is 5.99. The third-order valence-corrected chi connectivity index (χ3v) is 4.22. The zero-order valence-electron chi connectivity index (χ0n) is 11.1. The largest absolute Gasteiger partial charge is 0.365 e. The second-order valence-corrected chi connectivity index (χ2v) is 5.56. The van der Waals surface area contributed by atoms with Crippen LogP contribution in [0.1, 0.15) is 32.1 Å². The van der Waals surface area contributed by atoms with Gasteiger partial charge in [-0.3, -0.25) is 4.79 Å². The first-order valence-electron chi connectivity index (χ1n) is 7.18. The lowest BCUT2D eigenvalue weighted by molar-refractivity contribution is -0.117. The molecule has 3 N–H and O–H groups in total. The smallest absolute Gasteiger partial charge is 0.243 e. The van der Waals surface area contributed by atoms with E-state index in [0.717, 1.165) is 11.4 Å². The maximum Gasteiger partial charge on any atom is 0.243 e. The van der Waals surface area contributed by atoms with Gasteiger partial charge >= 0.3 is 0 Å². The fourth-order valence-electron chi connectivity index (χ4n) is 3.19. The summed E-state index contributed by atoms with van der Waals surface area (Å²) in [5.74, 6) is -0.0780. The molecule has 4 heteroatoms. The lowest BCUT2D eigenvalue weighted by Gasteiger charge is -2.36. The highest BCUT2D eigenvalue weighted by Crippen LogP contribution is 2.33. The molecule has 4 nitrogen and oxygen atoms in total. The predicted molar refractivity (Wildman–Crippen MR) is 77.3 cm³/mol. The lowest BCUT2D eigenvalue weighted by Crippen LogP contribution is -2.47. The Morgan fingerprint density at radius 3 is 2.68 bits per heavy atom. The van der Waals surface area contributed by atoms with E-state index in [-0.39, 0.29) is 5.91 Å². The number of hydrogen-bond donors (Lipinski definition) is 2. The highest BCUT2D eigenvalue weighted by atomic mass is 16.2. The van der Waals surface area contributed by atoms with Crippen molar-refractivity contribution in [2.75, 3.05) is 16.8 Å². The Bertz CT molecular complexity index is 468. The number of rotatable bonds is 1. The van der Waals surface area contributed by atoms with Crippen LogP contribution in [0.15, 0.2) is 24.3 Å². The van der Waals surface area contributed by atoms with E-state index in [9.17, 15) is 4.79 Å². The number of carbonyl (C=O) groups is 1. The van der Waals surface area contributed by atoms with Crippen molar-refractivity contribution < 1.29 is 4.79 Å². The normalized spacial score (nSPS) is 24.6. The van der Waals surface area contributed by atoms with Gasteiger partial charge in [0.25, 0.3) is 0 Å². The van der Waals surface area contributed by atoms with Gasteiger partial charge in [-0.05, 0) is 25.0 Å². The number of benzene rings is 1. The average Bonchev–Trinajstić information content (AvgIpc) is 2.58. The Hall–Kier alpha value is -1.55. The Labute approximate surface area is 114 Å². The van der Waals surface area contributed by atoms with Gasteiger partial charge in [-0.2, -0.15) is 0 Å². The molecule has 1 aromatic carbocycles. The lowest BCUT2D eigenvalue weighted by atomic mass is 9.93. The fraction of sp³-hybridized carbons (Fsp3) is 0.533. The molecule has 1 heterocycles. The number of amides is 1.